The van der Waals surface area contributed by atoms with Crippen LogP contribution in [0.5, 0.6) is 0 Å². The summed E-state index contributed by atoms with van der Waals surface area (Å²) in [6.45, 7) is 3.37. The molecule has 1 aliphatic rings. The summed E-state index contributed by atoms with van der Waals surface area (Å²) in [5, 5.41) is 0. The number of hydrogen-bond acceptors (Lipinski definition) is 4. The summed E-state index contributed by atoms with van der Waals surface area (Å²) in [5.41, 5.74) is 0.715. The monoisotopic (exact) mass is 413 g/mol. The van der Waals surface area contributed by atoms with E-state index in [-0.39, 0.29) is 4.90 Å². The molecule has 1 saturated heterocycles. The molecule has 8 heteroatoms. The zero-order valence-corrected chi connectivity index (χ0v) is 15.5. The van der Waals surface area contributed by atoms with Crippen LogP contribution in [0.25, 0.3) is 0 Å². The number of aromatic nitrogens is 1. The lowest BCUT2D eigenvalue weighted by atomic mass is 10.2. The molecule has 0 aliphatic carbocycles. The number of benzene rings is 1. The van der Waals surface area contributed by atoms with Gasteiger partial charge in [0.1, 0.15) is 16.5 Å². The lowest BCUT2D eigenvalue weighted by Crippen LogP contribution is -2.49. The number of anilines is 1. The molecule has 1 aromatic carbocycles. The normalized spacial score (nSPS) is 16.4. The van der Waals surface area contributed by atoms with Gasteiger partial charge in [0, 0.05) is 36.8 Å². The summed E-state index contributed by atoms with van der Waals surface area (Å²) < 4.78 is 41.6. The standard InChI is InChI=1S/C16H17BrFN3O2S/c1-12-2-4-14(18)15(10-12)24(22,23)21-8-6-20(7-9-21)16-5-3-13(17)11-19-16/h2-5,10-11H,6-9H2,1H3. The van der Waals surface area contributed by atoms with Gasteiger partial charge in [0.2, 0.25) is 10.0 Å². The van der Waals surface area contributed by atoms with Crippen LogP contribution in [0, 0.1) is 12.7 Å². The molecular formula is C16H17BrFN3O2S. The zero-order chi connectivity index (χ0) is 17.3. The van der Waals surface area contributed by atoms with Crippen molar-refractivity contribution in [3.63, 3.8) is 0 Å². The Hall–Kier alpha value is -1.51. The number of pyridine rings is 1. The molecule has 128 valence electrons. The number of sulfonamides is 1. The van der Waals surface area contributed by atoms with Gasteiger partial charge in [0.05, 0.1) is 0 Å². The van der Waals surface area contributed by atoms with Crippen molar-refractivity contribution in [2.24, 2.45) is 0 Å². The Morgan fingerprint density at radius 3 is 2.46 bits per heavy atom. The topological polar surface area (TPSA) is 53.5 Å². The van der Waals surface area contributed by atoms with Crippen LogP contribution in [-0.4, -0.2) is 43.9 Å². The Labute approximate surface area is 149 Å². The molecule has 0 atom stereocenters. The highest BCUT2D eigenvalue weighted by Gasteiger charge is 2.31. The quantitative estimate of drug-likeness (QED) is 0.775. The fourth-order valence-corrected chi connectivity index (χ4v) is 4.47. The molecule has 0 radical (unpaired) electrons. The van der Waals surface area contributed by atoms with Crippen LogP contribution in [-0.2, 0) is 10.0 Å². The molecule has 0 spiro atoms. The lowest BCUT2D eigenvalue weighted by molar-refractivity contribution is 0.381. The smallest absolute Gasteiger partial charge is 0.246 e. The summed E-state index contributed by atoms with van der Waals surface area (Å²) in [7, 11) is -3.82. The molecule has 0 amide bonds. The number of rotatable bonds is 3. The second kappa shape index (κ2) is 6.78. The number of nitrogens with zero attached hydrogens (tertiary/aromatic N) is 3. The second-order valence-electron chi connectivity index (χ2n) is 5.66. The van der Waals surface area contributed by atoms with Crippen molar-refractivity contribution >= 4 is 31.8 Å². The van der Waals surface area contributed by atoms with Gasteiger partial charge in [-0.2, -0.15) is 4.31 Å². The fraction of sp³-hybridized carbons (Fsp3) is 0.312. The number of aryl methyl sites for hydroxylation is 1. The van der Waals surface area contributed by atoms with E-state index in [0.29, 0.717) is 31.7 Å². The number of halogens is 2. The van der Waals surface area contributed by atoms with E-state index in [1.54, 1.807) is 19.2 Å². The SMILES string of the molecule is Cc1ccc(F)c(S(=O)(=O)N2CCN(c3ccc(Br)cn3)CC2)c1. The molecule has 0 N–H and O–H groups in total. The van der Waals surface area contributed by atoms with Crippen molar-refractivity contribution < 1.29 is 12.8 Å². The molecule has 2 heterocycles. The average molecular weight is 414 g/mol. The van der Waals surface area contributed by atoms with E-state index in [0.717, 1.165) is 10.3 Å². The average Bonchev–Trinajstić information content (AvgIpc) is 2.58. The Bertz CT molecular complexity index is 835. The van der Waals surface area contributed by atoms with Crippen molar-refractivity contribution in [3.05, 3.63) is 52.4 Å². The third-order valence-electron chi connectivity index (χ3n) is 3.98. The van der Waals surface area contributed by atoms with Gasteiger partial charge in [-0.3, -0.25) is 0 Å². The molecule has 5 nitrogen and oxygen atoms in total. The summed E-state index contributed by atoms with van der Waals surface area (Å²) in [4.78, 5) is 6.09. The van der Waals surface area contributed by atoms with E-state index in [2.05, 4.69) is 20.9 Å². The third-order valence-corrected chi connectivity index (χ3v) is 6.36. The Kier molecular flexibility index (Phi) is 4.89. The van der Waals surface area contributed by atoms with E-state index < -0.39 is 15.8 Å². The van der Waals surface area contributed by atoms with E-state index in [1.165, 1.54) is 16.4 Å². The molecule has 0 bridgehead atoms. The maximum atomic E-state index is 14.0. The van der Waals surface area contributed by atoms with Crippen molar-refractivity contribution in [2.75, 3.05) is 31.1 Å². The fourth-order valence-electron chi connectivity index (χ4n) is 2.66. The minimum atomic E-state index is -3.82. The van der Waals surface area contributed by atoms with Crippen LogP contribution in [0.2, 0.25) is 0 Å². The van der Waals surface area contributed by atoms with Gasteiger partial charge >= 0.3 is 0 Å². The molecule has 24 heavy (non-hydrogen) atoms. The van der Waals surface area contributed by atoms with Crippen LogP contribution in [0.15, 0.2) is 45.9 Å². The van der Waals surface area contributed by atoms with Crippen LogP contribution >= 0.6 is 15.9 Å². The van der Waals surface area contributed by atoms with E-state index in [1.807, 2.05) is 17.0 Å². The maximum Gasteiger partial charge on any atom is 0.246 e. The predicted molar refractivity (Wildman–Crippen MR) is 94.0 cm³/mol. The first-order valence-electron chi connectivity index (χ1n) is 7.51. The summed E-state index contributed by atoms with van der Waals surface area (Å²) in [5.74, 6) is 0.0922. The summed E-state index contributed by atoms with van der Waals surface area (Å²) in [6.07, 6.45) is 1.71. The van der Waals surface area contributed by atoms with Gasteiger partial charge in [-0.1, -0.05) is 6.07 Å². The predicted octanol–water partition coefficient (Wildman–Crippen LogP) is 2.80. The van der Waals surface area contributed by atoms with Gasteiger partial charge in [-0.15, -0.1) is 0 Å². The van der Waals surface area contributed by atoms with Crippen molar-refractivity contribution in [3.8, 4) is 0 Å². The highest BCUT2D eigenvalue weighted by atomic mass is 79.9. The van der Waals surface area contributed by atoms with Crippen molar-refractivity contribution in [1.29, 1.82) is 0 Å². The first-order valence-corrected chi connectivity index (χ1v) is 9.74. The molecule has 0 unspecified atom stereocenters. The second-order valence-corrected chi connectivity index (χ2v) is 8.48. The van der Waals surface area contributed by atoms with Gasteiger partial charge in [-0.05, 0) is 52.7 Å². The minimum Gasteiger partial charge on any atom is -0.354 e. The highest BCUT2D eigenvalue weighted by Crippen LogP contribution is 2.23. The first-order chi connectivity index (χ1) is 11.4. The molecule has 1 aromatic heterocycles. The van der Waals surface area contributed by atoms with Gasteiger partial charge in [0.25, 0.3) is 0 Å². The molecule has 1 fully saturated rings. The van der Waals surface area contributed by atoms with E-state index in [4.69, 9.17) is 0 Å². The van der Waals surface area contributed by atoms with Gasteiger partial charge in [0.15, 0.2) is 0 Å². The summed E-state index contributed by atoms with van der Waals surface area (Å²) in [6, 6.07) is 7.92. The first kappa shape index (κ1) is 17.3. The molecule has 0 saturated carbocycles. The van der Waals surface area contributed by atoms with Crippen LogP contribution < -0.4 is 4.90 Å². The molecule has 3 rings (SSSR count). The number of hydrogen-bond donors (Lipinski definition) is 0. The molecule has 2 aromatic rings. The van der Waals surface area contributed by atoms with Crippen molar-refractivity contribution in [2.45, 2.75) is 11.8 Å². The Balaban J connectivity index is 1.76. The minimum absolute atomic E-state index is 0.252. The van der Waals surface area contributed by atoms with Gasteiger partial charge < -0.3 is 4.90 Å². The maximum absolute atomic E-state index is 14.0. The van der Waals surface area contributed by atoms with E-state index >= 15 is 0 Å². The van der Waals surface area contributed by atoms with Crippen LogP contribution in [0.4, 0.5) is 10.2 Å². The third kappa shape index (κ3) is 3.45. The zero-order valence-electron chi connectivity index (χ0n) is 13.1. The molecular weight excluding hydrogens is 397 g/mol. The van der Waals surface area contributed by atoms with Gasteiger partial charge in [-0.25, -0.2) is 17.8 Å². The number of piperazine rings is 1. The van der Waals surface area contributed by atoms with Crippen molar-refractivity contribution in [1.82, 2.24) is 9.29 Å². The van der Waals surface area contributed by atoms with E-state index in [9.17, 15) is 12.8 Å². The lowest BCUT2D eigenvalue weighted by Gasteiger charge is -2.34. The van der Waals surface area contributed by atoms with Crippen LogP contribution in [0.1, 0.15) is 5.56 Å². The van der Waals surface area contributed by atoms with Crippen LogP contribution in [0.3, 0.4) is 0 Å². The summed E-state index contributed by atoms with van der Waals surface area (Å²) >= 11 is 3.34. The largest absolute Gasteiger partial charge is 0.354 e. The highest BCUT2D eigenvalue weighted by molar-refractivity contribution is 9.10. The Morgan fingerprint density at radius 1 is 1.12 bits per heavy atom. The Morgan fingerprint density at radius 2 is 1.83 bits per heavy atom. The molecule has 1 aliphatic heterocycles.